The van der Waals surface area contributed by atoms with Crippen LogP contribution in [-0.2, 0) is 6.42 Å². The van der Waals surface area contributed by atoms with Crippen LogP contribution in [0, 0.1) is 5.82 Å². The fourth-order valence-corrected chi connectivity index (χ4v) is 4.19. The molecule has 0 atom stereocenters. The first-order valence-corrected chi connectivity index (χ1v) is 10.4. The van der Waals surface area contributed by atoms with Crippen LogP contribution in [0.5, 0.6) is 0 Å². The van der Waals surface area contributed by atoms with E-state index in [1.807, 2.05) is 6.26 Å². The average Bonchev–Trinajstić information content (AvgIpc) is 3.27. The van der Waals surface area contributed by atoms with Gasteiger partial charge in [-0.05, 0) is 43.7 Å². The van der Waals surface area contributed by atoms with Gasteiger partial charge in [0.1, 0.15) is 11.6 Å². The quantitative estimate of drug-likeness (QED) is 0.560. The van der Waals surface area contributed by atoms with Crippen molar-refractivity contribution in [2.24, 2.45) is 0 Å². The minimum absolute atomic E-state index is 0.119. The number of aromatic nitrogens is 3. The first kappa shape index (κ1) is 19.2. The predicted molar refractivity (Wildman–Crippen MR) is 101 cm³/mol. The lowest BCUT2D eigenvalue weighted by molar-refractivity contribution is 0.0953. The number of thioether (sulfide) groups is 1. The zero-order valence-electron chi connectivity index (χ0n) is 14.7. The van der Waals surface area contributed by atoms with Gasteiger partial charge in [0.25, 0.3) is 5.91 Å². The minimum atomic E-state index is -0.456. The first-order valence-electron chi connectivity index (χ1n) is 8.81. The molecule has 0 unspecified atom stereocenters. The van der Waals surface area contributed by atoms with Crippen molar-refractivity contribution < 1.29 is 9.18 Å². The van der Waals surface area contributed by atoms with Crippen molar-refractivity contribution in [1.82, 2.24) is 20.1 Å². The van der Waals surface area contributed by atoms with Crippen molar-refractivity contribution in [3.8, 4) is 0 Å². The Morgan fingerprint density at radius 1 is 1.38 bits per heavy atom. The molecular weight excluding hydrogens is 375 g/mol. The molecule has 1 saturated carbocycles. The van der Waals surface area contributed by atoms with E-state index in [1.54, 1.807) is 11.8 Å². The summed E-state index contributed by atoms with van der Waals surface area (Å²) in [5, 5.41) is 12.6. The van der Waals surface area contributed by atoms with Crippen molar-refractivity contribution in [2.45, 2.75) is 49.7 Å². The van der Waals surface area contributed by atoms with Crippen LogP contribution in [0.4, 0.5) is 4.39 Å². The monoisotopic (exact) mass is 396 g/mol. The summed E-state index contributed by atoms with van der Waals surface area (Å²) in [5.41, 5.74) is 0.284. The fraction of sp³-hybridized carbons (Fsp3) is 0.500. The minimum Gasteiger partial charge on any atom is -0.352 e. The Hall–Kier alpha value is -1.60. The lowest BCUT2D eigenvalue weighted by Crippen LogP contribution is -2.25. The van der Waals surface area contributed by atoms with Crippen molar-refractivity contribution >= 4 is 29.3 Å². The molecule has 26 heavy (non-hydrogen) atoms. The van der Waals surface area contributed by atoms with Crippen LogP contribution >= 0.6 is 23.4 Å². The summed E-state index contributed by atoms with van der Waals surface area (Å²) in [6, 6.07) is 4.27. The Morgan fingerprint density at radius 3 is 2.85 bits per heavy atom. The number of halogens is 2. The molecule has 1 aliphatic carbocycles. The van der Waals surface area contributed by atoms with E-state index in [2.05, 4.69) is 20.1 Å². The Bertz CT molecular complexity index is 777. The third-order valence-electron chi connectivity index (χ3n) is 4.65. The van der Waals surface area contributed by atoms with Gasteiger partial charge >= 0.3 is 0 Å². The van der Waals surface area contributed by atoms with E-state index in [0.29, 0.717) is 12.6 Å². The summed E-state index contributed by atoms with van der Waals surface area (Å²) in [4.78, 5) is 12.2. The molecule has 0 saturated heterocycles. The Morgan fingerprint density at radius 2 is 2.15 bits per heavy atom. The molecule has 0 radical (unpaired) electrons. The third kappa shape index (κ3) is 4.38. The standard InChI is InChI=1S/C18H22ClFN4OS/c1-26-18-23-22-16(24(18)13-5-2-3-6-13)7-4-10-21-17(25)14-9-8-12(20)11-15(14)19/h8-9,11,13H,2-7,10H2,1H3,(H,21,25). The number of hydrogen-bond acceptors (Lipinski definition) is 4. The molecule has 140 valence electrons. The number of amides is 1. The lowest BCUT2D eigenvalue weighted by atomic mass is 10.2. The highest BCUT2D eigenvalue weighted by atomic mass is 35.5. The van der Waals surface area contributed by atoms with Crippen molar-refractivity contribution in [3.63, 3.8) is 0 Å². The summed E-state index contributed by atoms with van der Waals surface area (Å²) in [6.45, 7) is 0.499. The van der Waals surface area contributed by atoms with E-state index in [0.717, 1.165) is 29.9 Å². The number of nitrogens with one attached hydrogen (secondary N) is 1. The van der Waals surface area contributed by atoms with E-state index >= 15 is 0 Å². The normalized spacial score (nSPS) is 14.7. The number of carbonyl (C=O) groups excluding carboxylic acids is 1. The number of aryl methyl sites for hydroxylation is 1. The molecule has 1 aromatic carbocycles. The van der Waals surface area contributed by atoms with E-state index < -0.39 is 5.82 Å². The van der Waals surface area contributed by atoms with Crippen LogP contribution in [0.25, 0.3) is 0 Å². The van der Waals surface area contributed by atoms with Gasteiger partial charge in [0.2, 0.25) is 0 Å². The molecule has 1 aromatic heterocycles. The molecule has 0 bridgehead atoms. The summed E-state index contributed by atoms with van der Waals surface area (Å²) in [6.07, 6.45) is 8.39. The molecule has 3 rings (SSSR count). The van der Waals surface area contributed by atoms with Gasteiger partial charge in [-0.2, -0.15) is 0 Å². The maximum absolute atomic E-state index is 13.1. The summed E-state index contributed by atoms with van der Waals surface area (Å²) in [5.74, 6) is 0.231. The Balaban J connectivity index is 1.55. The summed E-state index contributed by atoms with van der Waals surface area (Å²) < 4.78 is 15.3. The van der Waals surface area contributed by atoms with Gasteiger partial charge in [-0.15, -0.1) is 10.2 Å². The molecule has 2 aromatic rings. The Kier molecular flexibility index (Phi) is 6.53. The van der Waals surface area contributed by atoms with Gasteiger partial charge < -0.3 is 9.88 Å². The zero-order valence-corrected chi connectivity index (χ0v) is 16.2. The number of rotatable bonds is 7. The molecule has 5 nitrogen and oxygen atoms in total. The maximum atomic E-state index is 13.1. The lowest BCUT2D eigenvalue weighted by Gasteiger charge is -2.16. The van der Waals surface area contributed by atoms with Gasteiger partial charge in [-0.1, -0.05) is 36.2 Å². The van der Waals surface area contributed by atoms with Crippen LogP contribution < -0.4 is 5.32 Å². The number of carbonyl (C=O) groups is 1. The second kappa shape index (κ2) is 8.86. The van der Waals surface area contributed by atoms with Crippen LogP contribution in [0.15, 0.2) is 23.4 Å². The number of hydrogen-bond donors (Lipinski definition) is 1. The fourth-order valence-electron chi connectivity index (χ4n) is 3.36. The number of benzene rings is 1. The average molecular weight is 397 g/mol. The first-order chi connectivity index (χ1) is 12.6. The highest BCUT2D eigenvalue weighted by Crippen LogP contribution is 2.33. The largest absolute Gasteiger partial charge is 0.352 e. The van der Waals surface area contributed by atoms with Gasteiger partial charge in [-0.3, -0.25) is 4.79 Å². The van der Waals surface area contributed by atoms with Gasteiger partial charge in [0.15, 0.2) is 5.16 Å². The zero-order chi connectivity index (χ0) is 18.5. The molecule has 0 spiro atoms. The molecule has 1 amide bonds. The molecule has 1 aliphatic rings. The molecule has 8 heteroatoms. The van der Waals surface area contributed by atoms with Crippen LogP contribution in [-0.4, -0.2) is 33.5 Å². The SMILES string of the molecule is CSc1nnc(CCCNC(=O)c2ccc(F)cc2Cl)n1C1CCCC1. The second-order valence-corrected chi connectivity index (χ2v) is 7.58. The maximum Gasteiger partial charge on any atom is 0.252 e. The van der Waals surface area contributed by atoms with E-state index in [9.17, 15) is 9.18 Å². The van der Waals surface area contributed by atoms with E-state index in [4.69, 9.17) is 11.6 Å². The summed E-state index contributed by atoms with van der Waals surface area (Å²) in [7, 11) is 0. The molecule has 1 fully saturated rings. The molecular formula is C18H22ClFN4OS. The number of nitrogens with zero attached hydrogens (tertiary/aromatic N) is 3. The smallest absolute Gasteiger partial charge is 0.252 e. The van der Waals surface area contributed by atoms with E-state index in [1.165, 1.54) is 37.8 Å². The second-order valence-electron chi connectivity index (χ2n) is 6.39. The molecule has 0 aliphatic heterocycles. The highest BCUT2D eigenvalue weighted by Gasteiger charge is 2.23. The molecule has 1 heterocycles. The highest BCUT2D eigenvalue weighted by molar-refractivity contribution is 7.98. The van der Waals surface area contributed by atoms with Gasteiger partial charge in [0, 0.05) is 19.0 Å². The molecule has 1 N–H and O–H groups in total. The third-order valence-corrected chi connectivity index (χ3v) is 5.60. The van der Waals surface area contributed by atoms with Crippen molar-refractivity contribution in [2.75, 3.05) is 12.8 Å². The van der Waals surface area contributed by atoms with Gasteiger partial charge in [0.05, 0.1) is 10.6 Å². The van der Waals surface area contributed by atoms with Crippen molar-refractivity contribution in [1.29, 1.82) is 0 Å². The van der Waals surface area contributed by atoms with Crippen LogP contribution in [0.1, 0.15) is 54.3 Å². The van der Waals surface area contributed by atoms with Crippen LogP contribution in [0.2, 0.25) is 5.02 Å². The summed E-state index contributed by atoms with van der Waals surface area (Å²) >= 11 is 7.54. The van der Waals surface area contributed by atoms with Crippen molar-refractivity contribution in [3.05, 3.63) is 40.4 Å². The van der Waals surface area contributed by atoms with Crippen LogP contribution in [0.3, 0.4) is 0 Å². The van der Waals surface area contributed by atoms with Gasteiger partial charge in [-0.25, -0.2) is 4.39 Å². The van der Waals surface area contributed by atoms with E-state index in [-0.39, 0.29) is 16.5 Å². The Labute approximate surface area is 161 Å². The predicted octanol–water partition coefficient (Wildman–Crippen LogP) is 4.27. The topological polar surface area (TPSA) is 59.8 Å².